The van der Waals surface area contributed by atoms with Crippen molar-refractivity contribution >= 4 is 207 Å². The molecule has 2 aliphatic rings. The van der Waals surface area contributed by atoms with E-state index in [-0.39, 0.29) is 171 Å². The summed E-state index contributed by atoms with van der Waals surface area (Å²) >= 11 is 96.8. The molecule has 2 aliphatic heterocycles. The number of H-pyrrole nitrogens is 2. The highest BCUT2D eigenvalue weighted by Crippen LogP contribution is 2.56. The van der Waals surface area contributed by atoms with Gasteiger partial charge in [0.05, 0.1) is 104 Å². The van der Waals surface area contributed by atoms with E-state index in [1.807, 2.05) is 12.1 Å². The minimum absolute atomic E-state index is 0.00303. The van der Waals surface area contributed by atoms with Crippen LogP contribution in [0, 0.1) is 0 Å². The molecule has 5 heterocycles. The standard InChI is InChI=1S/C46H24Cl14N8O2/c1-45(2,3)10-7-8-12(11(9-10)46(4,5)6)70-36-28(54)20-18(26(52)34(36)60)42-64-39-14-13(21(47)29(55)30(56)22(14)48)37(62-39)61-38-15-16(24(50)32(58)31(57)23(15)49)40(63-38)65-43-19-17(41(66-43)67-44(20)68-42)25(51)33(59)35(69)27(19)53/h7-9,69H,1-6H3,(H2,61,62,63,64,65,66,67,68). The molecule has 8 aromatic rings. The zero-order valence-corrected chi connectivity index (χ0v) is 46.6. The smallest absolute Gasteiger partial charge is 0.166 e. The Morgan fingerprint density at radius 3 is 1.16 bits per heavy atom. The van der Waals surface area contributed by atoms with Crippen LogP contribution in [0.3, 0.4) is 0 Å². The summed E-state index contributed by atoms with van der Waals surface area (Å²) in [6, 6.07) is 5.92. The number of aromatic nitrogens is 8. The van der Waals surface area contributed by atoms with Gasteiger partial charge in [-0.1, -0.05) is 216 Å². The maximum Gasteiger partial charge on any atom is 0.166 e. The number of halogens is 14. The number of phenols is 1. The van der Waals surface area contributed by atoms with Crippen LogP contribution in [0.5, 0.6) is 17.2 Å². The Balaban J connectivity index is 1.40. The highest BCUT2D eigenvalue weighted by molar-refractivity contribution is 6.57. The SMILES string of the molecule is CC(C)(C)c1ccc(Oc2c(Cl)c(Cl)c3c(c2Cl)-c2nc-3nc3[nH]c(nc4nc(nc5[nH]c(n2)c2c(Cl)c(Cl)c(O)c(Cl)c52)-c2c(Cl)c(Cl)c(Cl)c(Cl)c2-4)c2c(Cl)c(Cl)c(Cl)c(Cl)c32)c(C(C)(C)C)c1. The van der Waals surface area contributed by atoms with Gasteiger partial charge in [-0.3, -0.25) is 0 Å². The normalized spacial score (nSPS) is 12.6. The van der Waals surface area contributed by atoms with Crippen molar-refractivity contribution in [2.24, 2.45) is 0 Å². The Labute approximate surface area is 466 Å². The molecule has 8 bridgehead atoms. The van der Waals surface area contributed by atoms with Crippen molar-refractivity contribution in [3.05, 3.63) is 99.6 Å². The van der Waals surface area contributed by atoms with Gasteiger partial charge in [0, 0.05) is 5.56 Å². The molecule has 0 aliphatic carbocycles. The van der Waals surface area contributed by atoms with Gasteiger partial charge >= 0.3 is 0 Å². The first-order valence-corrected chi connectivity index (χ1v) is 25.5. The van der Waals surface area contributed by atoms with E-state index in [1.54, 1.807) is 0 Å². The second-order valence-corrected chi connectivity index (χ2v) is 23.3. The van der Waals surface area contributed by atoms with Crippen molar-refractivity contribution in [1.82, 2.24) is 39.9 Å². The molecule has 0 saturated heterocycles. The van der Waals surface area contributed by atoms with Gasteiger partial charge in [-0.05, 0) is 22.5 Å². The fraction of sp³-hybridized carbons (Fsp3) is 0.174. The largest absolute Gasteiger partial charge is 0.505 e. The van der Waals surface area contributed by atoms with Crippen LogP contribution < -0.4 is 4.74 Å². The molecular weight excluding hydrogens is 1190 g/mol. The fourth-order valence-electron chi connectivity index (χ4n) is 8.13. The predicted molar refractivity (Wildman–Crippen MR) is 292 cm³/mol. The Morgan fingerprint density at radius 1 is 0.400 bits per heavy atom. The molecule has 10 rings (SSSR count). The molecule has 0 unspecified atom stereocenters. The second-order valence-electron chi connectivity index (χ2n) is 18.0. The van der Waals surface area contributed by atoms with E-state index in [0.29, 0.717) is 5.75 Å². The highest BCUT2D eigenvalue weighted by atomic mass is 35.5. The number of ether oxygens (including phenoxy) is 1. The lowest BCUT2D eigenvalue weighted by Crippen LogP contribution is -2.17. The Kier molecular flexibility index (Phi) is 12.8. The molecule has 358 valence electrons. The summed E-state index contributed by atoms with van der Waals surface area (Å²) in [5.41, 5.74) is 1.75. The lowest BCUT2D eigenvalue weighted by molar-refractivity contribution is 0.454. The topological polar surface area (TPSA) is 138 Å². The number of aromatic hydroxyl groups is 1. The number of fused-ring (bicyclic) bond motifs is 20. The molecule has 24 heteroatoms. The van der Waals surface area contributed by atoms with Crippen LogP contribution in [0.1, 0.15) is 52.7 Å². The first-order valence-electron chi connectivity index (χ1n) is 20.2. The van der Waals surface area contributed by atoms with Crippen LogP contribution in [0.25, 0.3) is 89.7 Å². The van der Waals surface area contributed by atoms with Gasteiger partial charge in [0.1, 0.15) is 38.4 Å². The third-order valence-electron chi connectivity index (χ3n) is 11.6. The third-order valence-corrected chi connectivity index (χ3v) is 17.6. The number of benzene rings is 5. The Hall–Kier alpha value is -2.88. The maximum absolute atomic E-state index is 11.2. The van der Waals surface area contributed by atoms with E-state index >= 15 is 0 Å². The Bertz CT molecular complexity index is 3900. The van der Waals surface area contributed by atoms with Gasteiger partial charge in [0.2, 0.25) is 0 Å². The van der Waals surface area contributed by atoms with Gasteiger partial charge in [-0.15, -0.1) is 0 Å². The molecule has 0 atom stereocenters. The van der Waals surface area contributed by atoms with Crippen LogP contribution in [-0.4, -0.2) is 45.0 Å². The maximum atomic E-state index is 11.2. The van der Waals surface area contributed by atoms with E-state index in [2.05, 4.69) is 57.6 Å². The van der Waals surface area contributed by atoms with Crippen molar-refractivity contribution in [2.75, 3.05) is 0 Å². The average molecular weight is 1220 g/mol. The average Bonchev–Trinajstić information content (AvgIpc) is 4.05. The van der Waals surface area contributed by atoms with Crippen molar-refractivity contribution in [2.45, 2.75) is 52.4 Å². The number of phenolic OH excluding ortho intramolecular Hbond substituents is 1. The minimum atomic E-state index is -0.557. The fourth-order valence-corrected chi connectivity index (χ4v) is 11.8. The lowest BCUT2D eigenvalue weighted by atomic mass is 9.80. The summed E-state index contributed by atoms with van der Waals surface area (Å²) in [5, 5.41) is 10.00. The monoisotopic (exact) mass is 1210 g/mol. The van der Waals surface area contributed by atoms with E-state index in [9.17, 15) is 5.11 Å². The van der Waals surface area contributed by atoms with Crippen LogP contribution in [0.2, 0.25) is 70.3 Å². The number of nitrogens with one attached hydrogen (secondary N) is 2. The summed E-state index contributed by atoms with van der Waals surface area (Å²) in [5.74, 6) is -0.493. The van der Waals surface area contributed by atoms with Crippen LogP contribution in [-0.2, 0) is 10.8 Å². The van der Waals surface area contributed by atoms with Crippen molar-refractivity contribution in [3.63, 3.8) is 0 Å². The third kappa shape index (κ3) is 7.73. The van der Waals surface area contributed by atoms with Gasteiger partial charge in [0.25, 0.3) is 0 Å². The molecule has 3 N–H and O–H groups in total. The van der Waals surface area contributed by atoms with Gasteiger partial charge in [0.15, 0.2) is 34.8 Å². The molecule has 70 heavy (non-hydrogen) atoms. The van der Waals surface area contributed by atoms with Gasteiger partial charge in [-0.25, -0.2) is 29.9 Å². The van der Waals surface area contributed by atoms with E-state index in [0.717, 1.165) is 11.1 Å². The molecule has 0 fully saturated rings. The molecule has 10 nitrogen and oxygen atoms in total. The van der Waals surface area contributed by atoms with E-state index in [1.165, 1.54) is 0 Å². The number of rotatable bonds is 2. The zero-order valence-electron chi connectivity index (χ0n) is 36.1. The summed E-state index contributed by atoms with van der Waals surface area (Å²) < 4.78 is 6.70. The van der Waals surface area contributed by atoms with Crippen molar-refractivity contribution < 1.29 is 9.84 Å². The number of hydrogen-bond acceptors (Lipinski definition) is 8. The molecular formula is C46H24Cl14N8O2. The molecule has 5 aromatic carbocycles. The van der Waals surface area contributed by atoms with Crippen LogP contribution in [0.4, 0.5) is 0 Å². The number of aromatic amines is 2. The number of nitrogens with zero attached hydrogens (tertiary/aromatic N) is 6. The first kappa shape index (κ1) is 50.6. The minimum Gasteiger partial charge on any atom is -0.505 e. The van der Waals surface area contributed by atoms with Crippen LogP contribution in [0.15, 0.2) is 18.2 Å². The van der Waals surface area contributed by atoms with Crippen LogP contribution >= 0.6 is 162 Å². The highest BCUT2D eigenvalue weighted by Gasteiger charge is 2.35. The molecule has 3 aromatic heterocycles. The molecule has 0 radical (unpaired) electrons. The van der Waals surface area contributed by atoms with Crippen molar-refractivity contribution in [3.8, 4) is 62.8 Å². The zero-order chi connectivity index (χ0) is 50.7. The Morgan fingerprint density at radius 2 is 0.757 bits per heavy atom. The molecule has 0 saturated carbocycles. The van der Waals surface area contributed by atoms with E-state index in [4.69, 9.17) is 197 Å². The first-order chi connectivity index (χ1) is 32.7. The van der Waals surface area contributed by atoms with Crippen molar-refractivity contribution in [1.29, 1.82) is 0 Å². The van der Waals surface area contributed by atoms with Gasteiger partial charge in [-0.2, -0.15) is 0 Å². The summed E-state index contributed by atoms with van der Waals surface area (Å²) in [4.78, 5) is 35.7. The quantitative estimate of drug-likeness (QED) is 0.115. The summed E-state index contributed by atoms with van der Waals surface area (Å²) in [6.45, 7) is 12.5. The summed E-state index contributed by atoms with van der Waals surface area (Å²) in [7, 11) is 0. The van der Waals surface area contributed by atoms with Gasteiger partial charge < -0.3 is 19.8 Å². The molecule has 0 amide bonds. The molecule has 0 spiro atoms. The summed E-state index contributed by atoms with van der Waals surface area (Å²) in [6.07, 6.45) is 0. The van der Waals surface area contributed by atoms with E-state index < -0.39 is 11.2 Å². The lowest BCUT2D eigenvalue weighted by Gasteiger charge is -2.27. The second kappa shape index (κ2) is 17.6. The predicted octanol–water partition coefficient (Wildman–Crippen LogP) is 20.1. The number of hydrogen-bond donors (Lipinski definition) is 3.